The average Bonchev–Trinajstić information content (AvgIpc) is 2.48. The predicted octanol–water partition coefficient (Wildman–Crippen LogP) is 2.52. The molecular weight excluding hydrogens is 290 g/mol. The third-order valence-corrected chi connectivity index (χ3v) is 3.96. The molecule has 0 spiro atoms. The summed E-state index contributed by atoms with van der Waals surface area (Å²) in [6.07, 6.45) is 0.411. The monoisotopic (exact) mass is 307 g/mol. The second kappa shape index (κ2) is 5.85. The number of rotatable bonds is 3. The van der Waals surface area contributed by atoms with Crippen molar-refractivity contribution in [2.75, 3.05) is 7.05 Å². The lowest BCUT2D eigenvalue weighted by molar-refractivity contribution is -0.131. The molecule has 0 aliphatic carbocycles. The van der Waals surface area contributed by atoms with Gasteiger partial charge in [-0.05, 0) is 25.1 Å². The van der Waals surface area contributed by atoms with Crippen molar-refractivity contribution >= 4 is 28.4 Å². The van der Waals surface area contributed by atoms with Gasteiger partial charge in [0.15, 0.2) is 0 Å². The van der Waals surface area contributed by atoms with Crippen LogP contribution >= 0.6 is 11.6 Å². The number of halogens is 1. The van der Waals surface area contributed by atoms with Crippen LogP contribution in [0.3, 0.4) is 0 Å². The van der Waals surface area contributed by atoms with Crippen LogP contribution in [0.15, 0.2) is 23.0 Å². The molecule has 0 aliphatic rings. The quantitative estimate of drug-likeness (QED) is 0.875. The minimum Gasteiger partial charge on any atom is -0.336 e. The van der Waals surface area contributed by atoms with Gasteiger partial charge in [0, 0.05) is 25.5 Å². The Labute approximate surface area is 128 Å². The van der Waals surface area contributed by atoms with Crippen molar-refractivity contribution < 1.29 is 4.79 Å². The van der Waals surface area contributed by atoms with Gasteiger partial charge in [0.2, 0.25) is 5.91 Å². The lowest BCUT2D eigenvalue weighted by Crippen LogP contribution is -2.34. The molecule has 1 heterocycles. The highest BCUT2D eigenvalue weighted by Gasteiger charge is 2.21. The van der Waals surface area contributed by atoms with Crippen molar-refractivity contribution in [1.29, 1.82) is 0 Å². The normalized spacial score (nSPS) is 12.4. The third-order valence-electron chi connectivity index (χ3n) is 3.72. The predicted molar refractivity (Wildman–Crippen MR) is 83.5 cm³/mol. The van der Waals surface area contributed by atoms with Crippen molar-refractivity contribution in [1.82, 2.24) is 14.5 Å². The maximum atomic E-state index is 12.4. The van der Waals surface area contributed by atoms with Gasteiger partial charge >= 0.3 is 0 Å². The van der Waals surface area contributed by atoms with Crippen LogP contribution in [0.5, 0.6) is 0 Å². The Hall–Kier alpha value is -1.88. The molecule has 1 atom stereocenters. The summed E-state index contributed by atoms with van der Waals surface area (Å²) in [5.41, 5.74) is 0.403. The highest BCUT2D eigenvalue weighted by molar-refractivity contribution is 6.31. The number of benzene rings is 1. The number of carbonyl (C=O) groups is 1. The van der Waals surface area contributed by atoms with Crippen molar-refractivity contribution in [3.8, 4) is 0 Å². The Kier molecular flexibility index (Phi) is 4.32. The van der Waals surface area contributed by atoms with Gasteiger partial charge in [0.05, 0.1) is 16.9 Å². The molecule has 1 aromatic heterocycles. The summed E-state index contributed by atoms with van der Waals surface area (Å²) >= 11 is 5.96. The molecule has 0 saturated heterocycles. The molecular formula is C15H18ClN3O2. The lowest BCUT2D eigenvalue weighted by atomic mass is 10.2. The van der Waals surface area contributed by atoms with E-state index in [0.29, 0.717) is 28.2 Å². The first-order valence-electron chi connectivity index (χ1n) is 6.78. The largest absolute Gasteiger partial charge is 0.336 e. The molecule has 21 heavy (non-hydrogen) atoms. The van der Waals surface area contributed by atoms with Crippen molar-refractivity contribution in [3.05, 3.63) is 39.4 Å². The Morgan fingerprint density at radius 3 is 2.76 bits per heavy atom. The molecule has 1 aromatic carbocycles. The minimum absolute atomic E-state index is 0.00272. The number of aromatic nitrogens is 2. The van der Waals surface area contributed by atoms with Crippen LogP contribution in [0.25, 0.3) is 10.9 Å². The fraction of sp³-hybridized carbons (Fsp3) is 0.400. The molecule has 0 fully saturated rings. The molecule has 2 aromatic rings. The van der Waals surface area contributed by atoms with E-state index in [1.165, 1.54) is 4.57 Å². The second-order valence-electron chi connectivity index (χ2n) is 5.03. The molecule has 0 bridgehead atoms. The van der Waals surface area contributed by atoms with E-state index in [0.717, 1.165) is 0 Å². The van der Waals surface area contributed by atoms with E-state index < -0.39 is 0 Å². The first-order chi connectivity index (χ1) is 9.86. The zero-order valence-corrected chi connectivity index (χ0v) is 13.3. The van der Waals surface area contributed by atoms with E-state index in [1.807, 2.05) is 6.92 Å². The highest BCUT2D eigenvalue weighted by Crippen LogP contribution is 2.20. The van der Waals surface area contributed by atoms with Gasteiger partial charge in [-0.3, -0.25) is 14.2 Å². The second-order valence-corrected chi connectivity index (χ2v) is 5.47. The Bertz CT molecular complexity index is 754. The first-order valence-corrected chi connectivity index (χ1v) is 7.16. The summed E-state index contributed by atoms with van der Waals surface area (Å²) in [5, 5.41) is 1.04. The molecule has 1 amide bonds. The van der Waals surface area contributed by atoms with Crippen LogP contribution in [-0.4, -0.2) is 27.4 Å². The summed E-state index contributed by atoms with van der Waals surface area (Å²) in [4.78, 5) is 30.3. The zero-order valence-electron chi connectivity index (χ0n) is 12.6. The molecule has 112 valence electrons. The number of hydrogen-bond acceptors (Lipinski definition) is 3. The number of amides is 1. The SMILES string of the molecule is CCC(=O)N(C)C(C)c1nc2cc(Cl)ccc2c(=O)n1C. The minimum atomic E-state index is -0.293. The molecule has 6 heteroatoms. The number of hydrogen-bond donors (Lipinski definition) is 0. The third kappa shape index (κ3) is 2.78. The number of nitrogens with zero attached hydrogens (tertiary/aromatic N) is 3. The van der Waals surface area contributed by atoms with Gasteiger partial charge in [0.25, 0.3) is 5.56 Å². The van der Waals surface area contributed by atoms with Crippen LogP contribution in [0.2, 0.25) is 5.02 Å². The average molecular weight is 308 g/mol. The van der Waals surface area contributed by atoms with Gasteiger partial charge in [-0.2, -0.15) is 0 Å². The summed E-state index contributed by atoms with van der Waals surface area (Å²) in [7, 11) is 3.38. The van der Waals surface area contributed by atoms with Gasteiger partial charge in [-0.25, -0.2) is 4.98 Å². The number of fused-ring (bicyclic) bond motifs is 1. The fourth-order valence-electron chi connectivity index (χ4n) is 2.27. The van der Waals surface area contributed by atoms with E-state index in [-0.39, 0.29) is 17.5 Å². The molecule has 2 rings (SSSR count). The smallest absolute Gasteiger partial charge is 0.261 e. The molecule has 5 nitrogen and oxygen atoms in total. The van der Waals surface area contributed by atoms with Crippen molar-refractivity contribution in [3.63, 3.8) is 0 Å². The summed E-state index contributed by atoms with van der Waals surface area (Å²) < 4.78 is 1.49. The van der Waals surface area contributed by atoms with Gasteiger partial charge < -0.3 is 4.90 Å². The molecule has 0 aliphatic heterocycles. The van der Waals surface area contributed by atoms with Crippen LogP contribution in [-0.2, 0) is 11.8 Å². The number of carbonyl (C=O) groups excluding carboxylic acids is 1. The Morgan fingerprint density at radius 1 is 1.48 bits per heavy atom. The maximum absolute atomic E-state index is 12.4. The molecule has 0 radical (unpaired) electrons. The maximum Gasteiger partial charge on any atom is 0.261 e. The highest BCUT2D eigenvalue weighted by atomic mass is 35.5. The van der Waals surface area contributed by atoms with Crippen LogP contribution < -0.4 is 5.56 Å². The lowest BCUT2D eigenvalue weighted by Gasteiger charge is -2.25. The van der Waals surface area contributed by atoms with Gasteiger partial charge in [-0.1, -0.05) is 18.5 Å². The standard InChI is InChI=1S/C15H18ClN3O2/c1-5-13(20)18(3)9(2)14-17-12-8-10(16)6-7-11(12)15(21)19(14)4/h6-9H,5H2,1-4H3. The summed E-state index contributed by atoms with van der Waals surface area (Å²) in [6.45, 7) is 3.66. The van der Waals surface area contributed by atoms with E-state index in [4.69, 9.17) is 11.6 Å². The van der Waals surface area contributed by atoms with E-state index in [2.05, 4.69) is 4.98 Å². The van der Waals surface area contributed by atoms with Crippen LogP contribution in [0, 0.1) is 0 Å². The van der Waals surface area contributed by atoms with Crippen LogP contribution in [0.4, 0.5) is 0 Å². The Morgan fingerprint density at radius 2 is 2.14 bits per heavy atom. The fourth-order valence-corrected chi connectivity index (χ4v) is 2.44. The van der Waals surface area contributed by atoms with Crippen LogP contribution in [0.1, 0.15) is 32.1 Å². The summed E-state index contributed by atoms with van der Waals surface area (Å²) in [6, 6.07) is 4.71. The summed E-state index contributed by atoms with van der Waals surface area (Å²) in [5.74, 6) is 0.544. The van der Waals surface area contributed by atoms with Gasteiger partial charge in [0.1, 0.15) is 5.82 Å². The van der Waals surface area contributed by atoms with Gasteiger partial charge in [-0.15, -0.1) is 0 Å². The first kappa shape index (κ1) is 15.5. The zero-order chi connectivity index (χ0) is 15.7. The van der Waals surface area contributed by atoms with E-state index >= 15 is 0 Å². The van der Waals surface area contributed by atoms with Crippen molar-refractivity contribution in [2.45, 2.75) is 26.3 Å². The van der Waals surface area contributed by atoms with E-state index in [1.54, 1.807) is 44.1 Å². The van der Waals surface area contributed by atoms with E-state index in [9.17, 15) is 9.59 Å². The molecule has 1 unspecified atom stereocenters. The topological polar surface area (TPSA) is 55.2 Å². The molecule has 0 saturated carbocycles. The molecule has 0 N–H and O–H groups in total. The van der Waals surface area contributed by atoms with Crippen molar-refractivity contribution in [2.24, 2.45) is 7.05 Å². The Balaban J connectivity index is 2.61.